The molecule has 1 nitrogen and oxygen atoms in total. The molecule has 0 unspecified atom stereocenters. The first-order valence-electron chi connectivity index (χ1n) is 9.80. The molecule has 0 bridgehead atoms. The zero-order valence-corrected chi connectivity index (χ0v) is 16.6. The molecule has 1 aromatic heterocycles. The fourth-order valence-corrected chi connectivity index (χ4v) is 3.35. The van der Waals surface area contributed by atoms with Gasteiger partial charge in [-0.3, -0.25) is 4.98 Å². The molecule has 0 spiro atoms. The summed E-state index contributed by atoms with van der Waals surface area (Å²) < 4.78 is 56.3. The summed E-state index contributed by atoms with van der Waals surface area (Å²) in [5.41, 5.74) is 1.92. The first-order valence-corrected chi connectivity index (χ1v) is 9.80. The second kappa shape index (κ2) is 8.61. The smallest absolute Gasteiger partial charge is 0.166 e. The summed E-state index contributed by atoms with van der Waals surface area (Å²) in [4.78, 5) is 4.29. The molecule has 0 aliphatic rings. The van der Waals surface area contributed by atoms with Crippen LogP contribution in [0.15, 0.2) is 60.8 Å². The van der Waals surface area contributed by atoms with Crippen LogP contribution in [0.2, 0.25) is 0 Å². The first-order chi connectivity index (χ1) is 15.0. The Labute approximate surface area is 177 Å². The summed E-state index contributed by atoms with van der Waals surface area (Å²) in [6.07, 6.45) is 3.58. The van der Waals surface area contributed by atoms with E-state index in [0.29, 0.717) is 22.2 Å². The number of benzene rings is 3. The molecular formula is C26H17F4N. The molecule has 0 N–H and O–H groups in total. The molecule has 3 aromatic carbocycles. The van der Waals surface area contributed by atoms with Gasteiger partial charge in [0, 0.05) is 22.7 Å². The molecule has 5 heteroatoms. The van der Waals surface area contributed by atoms with Crippen molar-refractivity contribution < 1.29 is 17.6 Å². The SMILES string of the molecule is CCCc1ccc(-c2cc(F)c(C#Cc3ccc4c(F)c(F)ccc4c3)c(F)c2)nc1. The van der Waals surface area contributed by atoms with E-state index in [0.717, 1.165) is 24.5 Å². The Kier molecular flexibility index (Phi) is 5.73. The monoisotopic (exact) mass is 419 g/mol. The van der Waals surface area contributed by atoms with Crippen molar-refractivity contribution in [2.24, 2.45) is 0 Å². The van der Waals surface area contributed by atoms with Gasteiger partial charge in [-0.2, -0.15) is 0 Å². The average Bonchev–Trinajstić information content (AvgIpc) is 2.76. The topological polar surface area (TPSA) is 12.9 Å². The van der Waals surface area contributed by atoms with Crippen molar-refractivity contribution >= 4 is 10.8 Å². The third-order valence-electron chi connectivity index (χ3n) is 4.94. The number of pyridine rings is 1. The summed E-state index contributed by atoms with van der Waals surface area (Å²) in [7, 11) is 0. The van der Waals surface area contributed by atoms with E-state index in [4.69, 9.17) is 0 Å². The van der Waals surface area contributed by atoms with Crippen LogP contribution in [0.5, 0.6) is 0 Å². The Morgan fingerprint density at radius 3 is 2.26 bits per heavy atom. The van der Waals surface area contributed by atoms with Crippen molar-refractivity contribution in [3.05, 3.63) is 101 Å². The summed E-state index contributed by atoms with van der Waals surface area (Å²) in [6, 6.07) is 12.9. The molecule has 31 heavy (non-hydrogen) atoms. The molecule has 4 aromatic rings. The lowest BCUT2D eigenvalue weighted by Crippen LogP contribution is -1.94. The Morgan fingerprint density at radius 1 is 0.806 bits per heavy atom. The average molecular weight is 419 g/mol. The lowest BCUT2D eigenvalue weighted by molar-refractivity contribution is 0.517. The Balaban J connectivity index is 1.65. The van der Waals surface area contributed by atoms with Crippen LogP contribution < -0.4 is 0 Å². The van der Waals surface area contributed by atoms with Crippen molar-refractivity contribution in [3.8, 4) is 23.1 Å². The van der Waals surface area contributed by atoms with E-state index in [2.05, 4.69) is 23.7 Å². The highest BCUT2D eigenvalue weighted by Gasteiger charge is 2.12. The quantitative estimate of drug-likeness (QED) is 0.263. The fraction of sp³-hybridized carbons (Fsp3) is 0.115. The lowest BCUT2D eigenvalue weighted by atomic mass is 10.0. The minimum atomic E-state index is -0.943. The van der Waals surface area contributed by atoms with Gasteiger partial charge in [-0.1, -0.05) is 43.4 Å². The summed E-state index contributed by atoms with van der Waals surface area (Å²) in [6.45, 7) is 2.06. The molecular weight excluding hydrogens is 402 g/mol. The highest BCUT2D eigenvalue weighted by molar-refractivity contribution is 5.84. The fourth-order valence-electron chi connectivity index (χ4n) is 3.35. The number of hydrogen-bond donors (Lipinski definition) is 0. The van der Waals surface area contributed by atoms with Crippen molar-refractivity contribution in [2.45, 2.75) is 19.8 Å². The zero-order valence-electron chi connectivity index (χ0n) is 16.6. The van der Waals surface area contributed by atoms with Crippen LogP contribution in [0.4, 0.5) is 17.6 Å². The number of fused-ring (bicyclic) bond motifs is 1. The van der Waals surface area contributed by atoms with Crippen LogP contribution in [0.1, 0.15) is 30.0 Å². The van der Waals surface area contributed by atoms with Crippen LogP contribution in [-0.2, 0) is 6.42 Å². The molecule has 0 atom stereocenters. The van der Waals surface area contributed by atoms with Crippen molar-refractivity contribution in [2.75, 3.05) is 0 Å². The number of hydrogen-bond acceptors (Lipinski definition) is 1. The van der Waals surface area contributed by atoms with E-state index in [-0.39, 0.29) is 10.9 Å². The van der Waals surface area contributed by atoms with Crippen molar-refractivity contribution in [1.29, 1.82) is 0 Å². The molecule has 0 radical (unpaired) electrons. The zero-order chi connectivity index (χ0) is 22.0. The Hall–Kier alpha value is -3.65. The molecule has 0 saturated carbocycles. The predicted molar refractivity (Wildman–Crippen MR) is 113 cm³/mol. The van der Waals surface area contributed by atoms with Crippen LogP contribution >= 0.6 is 0 Å². The summed E-state index contributed by atoms with van der Waals surface area (Å²) in [5, 5.41) is 0.560. The van der Waals surface area contributed by atoms with Gasteiger partial charge >= 0.3 is 0 Å². The maximum atomic E-state index is 14.6. The molecule has 0 fully saturated rings. The molecule has 0 amide bonds. The number of nitrogens with zero attached hydrogens (tertiary/aromatic N) is 1. The normalized spacial score (nSPS) is 10.7. The van der Waals surface area contributed by atoms with E-state index < -0.39 is 23.3 Å². The molecule has 154 valence electrons. The van der Waals surface area contributed by atoms with E-state index in [1.165, 1.54) is 36.4 Å². The molecule has 4 rings (SSSR count). The number of aromatic nitrogens is 1. The van der Waals surface area contributed by atoms with Gasteiger partial charge in [0.1, 0.15) is 11.6 Å². The third-order valence-corrected chi connectivity index (χ3v) is 4.94. The van der Waals surface area contributed by atoms with Gasteiger partial charge in [-0.15, -0.1) is 0 Å². The third kappa shape index (κ3) is 4.29. The largest absolute Gasteiger partial charge is 0.256 e. The van der Waals surface area contributed by atoms with Gasteiger partial charge in [0.2, 0.25) is 0 Å². The van der Waals surface area contributed by atoms with Gasteiger partial charge in [-0.25, -0.2) is 17.6 Å². The van der Waals surface area contributed by atoms with E-state index in [9.17, 15) is 17.6 Å². The molecule has 1 heterocycles. The van der Waals surface area contributed by atoms with Gasteiger partial charge in [0.15, 0.2) is 11.6 Å². The van der Waals surface area contributed by atoms with Crippen LogP contribution in [0.25, 0.3) is 22.0 Å². The van der Waals surface area contributed by atoms with Gasteiger partial charge in [0.05, 0.1) is 11.3 Å². The predicted octanol–water partition coefficient (Wildman–Crippen LogP) is 6.81. The molecule has 0 aliphatic carbocycles. The molecule has 0 aliphatic heterocycles. The number of halogens is 4. The number of aryl methyl sites for hydroxylation is 1. The maximum absolute atomic E-state index is 14.6. The maximum Gasteiger partial charge on any atom is 0.166 e. The highest BCUT2D eigenvalue weighted by atomic mass is 19.2. The van der Waals surface area contributed by atoms with Crippen molar-refractivity contribution in [3.63, 3.8) is 0 Å². The first kappa shape index (κ1) is 20.6. The van der Waals surface area contributed by atoms with E-state index >= 15 is 0 Å². The lowest BCUT2D eigenvalue weighted by Gasteiger charge is -2.05. The van der Waals surface area contributed by atoms with Crippen molar-refractivity contribution in [1.82, 2.24) is 4.98 Å². The van der Waals surface area contributed by atoms with E-state index in [1.54, 1.807) is 12.3 Å². The summed E-state index contributed by atoms with van der Waals surface area (Å²) >= 11 is 0. The standard InChI is InChI=1S/C26H17F4N/c1-2-3-17-6-11-25(31-15-17)19-13-23(28)21(24(29)14-19)9-5-16-4-8-20-18(12-16)7-10-22(27)26(20)30/h4,6-8,10-15H,2-3H2,1H3. The van der Waals surface area contributed by atoms with Crippen LogP contribution in [-0.4, -0.2) is 4.98 Å². The minimum absolute atomic E-state index is 0.115. The van der Waals surface area contributed by atoms with Crippen LogP contribution in [0.3, 0.4) is 0 Å². The van der Waals surface area contributed by atoms with Gasteiger partial charge < -0.3 is 0 Å². The van der Waals surface area contributed by atoms with Crippen LogP contribution in [0, 0.1) is 35.1 Å². The second-order valence-corrected chi connectivity index (χ2v) is 7.16. The Bertz CT molecular complexity index is 1310. The minimum Gasteiger partial charge on any atom is -0.256 e. The van der Waals surface area contributed by atoms with Gasteiger partial charge in [0.25, 0.3) is 0 Å². The molecule has 0 saturated heterocycles. The highest BCUT2D eigenvalue weighted by Crippen LogP contribution is 2.24. The second-order valence-electron chi connectivity index (χ2n) is 7.16. The van der Waals surface area contributed by atoms with E-state index in [1.807, 2.05) is 6.07 Å². The number of rotatable bonds is 3. The Morgan fingerprint density at radius 2 is 1.58 bits per heavy atom. The van der Waals surface area contributed by atoms with Gasteiger partial charge in [-0.05, 0) is 53.8 Å². The summed E-state index contributed by atoms with van der Waals surface area (Å²) in [5.74, 6) is 1.72.